The molecule has 1 radical (unpaired) electrons. The van der Waals surface area contributed by atoms with Crippen LogP contribution in [0.1, 0.15) is 5.56 Å². The standard InChI is InChI=1S/C9H8O.Ag.Ni/c1-2-6-9-8(4-1)5-3-7-10-9;;/h1-6H,7H2;;. The maximum atomic E-state index is 5.34. The number of fused-ring (bicyclic) bond motifs is 1. The van der Waals surface area contributed by atoms with Crippen molar-refractivity contribution in [3.05, 3.63) is 35.9 Å². The van der Waals surface area contributed by atoms with Crippen molar-refractivity contribution >= 4 is 6.08 Å². The summed E-state index contributed by atoms with van der Waals surface area (Å²) < 4.78 is 5.34. The molecule has 0 unspecified atom stereocenters. The first-order chi connectivity index (χ1) is 4.97. The van der Waals surface area contributed by atoms with Crippen LogP contribution in [0.2, 0.25) is 0 Å². The first-order valence-corrected chi connectivity index (χ1v) is 3.35. The molecule has 0 bridgehead atoms. The minimum absolute atomic E-state index is 0. The van der Waals surface area contributed by atoms with E-state index >= 15 is 0 Å². The number of hydrogen-bond acceptors (Lipinski definition) is 1. The van der Waals surface area contributed by atoms with E-state index < -0.39 is 0 Å². The van der Waals surface area contributed by atoms with Gasteiger partial charge in [0.25, 0.3) is 0 Å². The second-order valence-electron chi connectivity index (χ2n) is 2.25. The van der Waals surface area contributed by atoms with Gasteiger partial charge >= 0.3 is 0 Å². The van der Waals surface area contributed by atoms with E-state index in [1.165, 1.54) is 5.56 Å². The fourth-order valence-corrected chi connectivity index (χ4v) is 1.06. The van der Waals surface area contributed by atoms with Crippen LogP contribution in [0.4, 0.5) is 0 Å². The number of benzene rings is 1. The summed E-state index contributed by atoms with van der Waals surface area (Å²) in [6, 6.07) is 8.03. The Labute approximate surface area is 97.6 Å². The van der Waals surface area contributed by atoms with Crippen molar-refractivity contribution in [1.82, 2.24) is 0 Å². The van der Waals surface area contributed by atoms with Crippen LogP contribution < -0.4 is 4.74 Å². The molecule has 0 fully saturated rings. The van der Waals surface area contributed by atoms with Crippen molar-refractivity contribution < 1.29 is 43.6 Å². The van der Waals surface area contributed by atoms with E-state index in [1.54, 1.807) is 0 Å². The molecule has 71 valence electrons. The summed E-state index contributed by atoms with van der Waals surface area (Å²) in [7, 11) is 0. The maximum Gasteiger partial charge on any atom is 0.126 e. The van der Waals surface area contributed by atoms with Crippen LogP contribution in [-0.4, -0.2) is 6.61 Å². The van der Waals surface area contributed by atoms with Gasteiger partial charge in [-0.15, -0.1) is 0 Å². The van der Waals surface area contributed by atoms with Gasteiger partial charge in [0, 0.05) is 44.4 Å². The third kappa shape index (κ3) is 2.50. The molecule has 0 aromatic heterocycles. The zero-order chi connectivity index (χ0) is 6.81. The van der Waals surface area contributed by atoms with Crippen LogP contribution >= 0.6 is 0 Å². The second kappa shape index (κ2) is 5.61. The summed E-state index contributed by atoms with van der Waals surface area (Å²) in [5, 5.41) is 0. The van der Waals surface area contributed by atoms with Crippen molar-refractivity contribution in [1.29, 1.82) is 0 Å². The molecule has 12 heavy (non-hydrogen) atoms. The van der Waals surface area contributed by atoms with Gasteiger partial charge in [0.2, 0.25) is 0 Å². The third-order valence-electron chi connectivity index (χ3n) is 1.55. The van der Waals surface area contributed by atoms with E-state index in [2.05, 4.69) is 6.08 Å². The van der Waals surface area contributed by atoms with Crippen LogP contribution in [0.15, 0.2) is 30.3 Å². The average molecular weight is 299 g/mol. The minimum Gasteiger partial charge on any atom is -0.489 e. The van der Waals surface area contributed by atoms with Gasteiger partial charge in [-0.3, -0.25) is 0 Å². The van der Waals surface area contributed by atoms with E-state index in [9.17, 15) is 0 Å². The molecule has 1 aliphatic heterocycles. The topological polar surface area (TPSA) is 9.23 Å². The fourth-order valence-electron chi connectivity index (χ4n) is 1.06. The molecule has 1 aromatic carbocycles. The van der Waals surface area contributed by atoms with Crippen LogP contribution in [0.5, 0.6) is 5.75 Å². The molecule has 0 amide bonds. The molecular weight excluding hydrogens is 291 g/mol. The molecule has 2 rings (SSSR count). The number of ether oxygens (including phenoxy) is 1. The molecule has 1 heterocycles. The van der Waals surface area contributed by atoms with E-state index in [-0.39, 0.29) is 38.9 Å². The minimum atomic E-state index is 0. The zero-order valence-electron chi connectivity index (χ0n) is 6.20. The molecule has 3 heteroatoms. The Morgan fingerprint density at radius 3 is 2.67 bits per heavy atom. The van der Waals surface area contributed by atoms with Gasteiger partial charge in [-0.05, 0) is 12.1 Å². The van der Waals surface area contributed by atoms with Gasteiger partial charge in [0.15, 0.2) is 0 Å². The Kier molecular flexibility index (Phi) is 5.60. The third-order valence-corrected chi connectivity index (χ3v) is 1.55. The summed E-state index contributed by atoms with van der Waals surface area (Å²) in [4.78, 5) is 0. The Morgan fingerprint density at radius 2 is 1.92 bits per heavy atom. The van der Waals surface area contributed by atoms with Crippen molar-refractivity contribution in [2.75, 3.05) is 6.61 Å². The van der Waals surface area contributed by atoms with Gasteiger partial charge in [-0.1, -0.05) is 24.3 Å². The fraction of sp³-hybridized carbons (Fsp3) is 0.111. The Bertz CT molecular complexity index is 273. The van der Waals surface area contributed by atoms with Gasteiger partial charge in [0.05, 0.1) is 0 Å². The molecule has 0 saturated heterocycles. The van der Waals surface area contributed by atoms with E-state index in [0.717, 1.165) is 5.75 Å². The summed E-state index contributed by atoms with van der Waals surface area (Å²) >= 11 is 0. The zero-order valence-corrected chi connectivity index (χ0v) is 8.67. The number of hydrogen-bond donors (Lipinski definition) is 0. The van der Waals surface area contributed by atoms with Crippen LogP contribution in [-0.2, 0) is 38.9 Å². The molecule has 1 aromatic rings. The summed E-state index contributed by atoms with van der Waals surface area (Å²) in [6.45, 7) is 0.705. The summed E-state index contributed by atoms with van der Waals surface area (Å²) in [6.07, 6.45) is 4.10. The predicted molar refractivity (Wildman–Crippen MR) is 41.0 cm³/mol. The van der Waals surface area contributed by atoms with Gasteiger partial charge in [0.1, 0.15) is 12.4 Å². The molecule has 0 spiro atoms. The van der Waals surface area contributed by atoms with Crippen molar-refractivity contribution in [3.63, 3.8) is 0 Å². The smallest absolute Gasteiger partial charge is 0.126 e. The molecule has 1 aliphatic rings. The van der Waals surface area contributed by atoms with E-state index in [0.29, 0.717) is 6.61 Å². The maximum absolute atomic E-state index is 5.34. The van der Waals surface area contributed by atoms with Crippen LogP contribution in [0.25, 0.3) is 6.08 Å². The molecular formula is C9H8AgNiO. The Balaban J connectivity index is 0.000000605. The molecule has 0 saturated carbocycles. The quantitative estimate of drug-likeness (QED) is 0.667. The Hall–Kier alpha value is -0.00623. The normalized spacial score (nSPS) is 11.7. The van der Waals surface area contributed by atoms with Gasteiger partial charge < -0.3 is 4.74 Å². The number of para-hydroxylation sites is 1. The first-order valence-electron chi connectivity index (χ1n) is 3.35. The first kappa shape index (κ1) is 12.0. The van der Waals surface area contributed by atoms with E-state index in [1.807, 2.05) is 30.3 Å². The SMILES string of the molecule is C1=Cc2ccccc2OC1.[Ag].[Ni]. The number of rotatable bonds is 0. The molecule has 0 N–H and O–H groups in total. The van der Waals surface area contributed by atoms with Gasteiger partial charge in [-0.25, -0.2) is 0 Å². The molecule has 0 atom stereocenters. The van der Waals surface area contributed by atoms with Crippen molar-refractivity contribution in [2.45, 2.75) is 0 Å². The summed E-state index contributed by atoms with van der Waals surface area (Å²) in [5.41, 5.74) is 1.17. The van der Waals surface area contributed by atoms with E-state index in [4.69, 9.17) is 4.74 Å². The molecule has 1 nitrogen and oxygen atoms in total. The predicted octanol–water partition coefficient (Wildman–Crippen LogP) is 2.09. The van der Waals surface area contributed by atoms with Crippen molar-refractivity contribution in [3.8, 4) is 5.75 Å². The van der Waals surface area contributed by atoms with Crippen LogP contribution in [0, 0.1) is 0 Å². The summed E-state index contributed by atoms with van der Waals surface area (Å²) in [5.74, 6) is 0.991. The largest absolute Gasteiger partial charge is 0.489 e. The Morgan fingerprint density at radius 1 is 1.17 bits per heavy atom. The molecule has 0 aliphatic carbocycles. The van der Waals surface area contributed by atoms with Crippen LogP contribution in [0.3, 0.4) is 0 Å². The average Bonchev–Trinajstić information content (AvgIpc) is 2.05. The second-order valence-corrected chi connectivity index (χ2v) is 2.25. The monoisotopic (exact) mass is 297 g/mol. The van der Waals surface area contributed by atoms with Crippen molar-refractivity contribution in [2.24, 2.45) is 0 Å². The van der Waals surface area contributed by atoms with Gasteiger partial charge in [-0.2, -0.15) is 0 Å².